The number of ether oxygens (including phenoxy) is 1. The molecule has 0 atom stereocenters. The molecule has 0 fully saturated rings. The van der Waals surface area contributed by atoms with Crippen LogP contribution in [0.5, 0.6) is 5.75 Å². The molecule has 2 aromatic carbocycles. The summed E-state index contributed by atoms with van der Waals surface area (Å²) in [6, 6.07) is 11.7. The monoisotopic (exact) mass is 348 g/mol. The Balaban J connectivity index is 2.07. The molecule has 7 nitrogen and oxygen atoms in total. The van der Waals surface area contributed by atoms with Crippen molar-refractivity contribution in [2.24, 2.45) is 5.73 Å². The number of rotatable bonds is 6. The van der Waals surface area contributed by atoms with E-state index in [1.165, 1.54) is 31.4 Å². The number of hydrogen-bond acceptors (Lipinski definition) is 5. The number of carbonyl (C=O) groups is 2. The second-order valence-electron chi connectivity index (χ2n) is 4.94. The lowest BCUT2D eigenvalue weighted by atomic mass is 10.1. The van der Waals surface area contributed by atoms with Crippen LogP contribution in [0.25, 0.3) is 0 Å². The summed E-state index contributed by atoms with van der Waals surface area (Å²) in [5.41, 5.74) is 5.92. The van der Waals surface area contributed by atoms with Gasteiger partial charge in [-0.25, -0.2) is 13.1 Å². The van der Waals surface area contributed by atoms with Crippen LogP contribution in [0.15, 0.2) is 53.4 Å². The minimum absolute atomic E-state index is 0.0946. The molecular formula is C16H16N2O5S. The Labute approximate surface area is 139 Å². The first-order chi connectivity index (χ1) is 11.3. The number of carbonyl (C=O) groups excluding carboxylic acids is 2. The summed E-state index contributed by atoms with van der Waals surface area (Å²) in [6.07, 6.45) is -0.0946. The number of amides is 2. The van der Waals surface area contributed by atoms with Gasteiger partial charge >= 0.3 is 0 Å². The van der Waals surface area contributed by atoms with Gasteiger partial charge in [0, 0.05) is 5.56 Å². The number of hydrogen-bond donors (Lipinski definition) is 2. The smallest absolute Gasteiger partial charge is 0.264 e. The SMILES string of the molecule is COc1ccc(CC(=O)NS(=O)(=O)c2ccc(C(N)=O)cc2)cc1. The van der Waals surface area contributed by atoms with Crippen LogP contribution in [-0.2, 0) is 21.2 Å². The zero-order chi connectivity index (χ0) is 17.7. The molecule has 24 heavy (non-hydrogen) atoms. The van der Waals surface area contributed by atoms with E-state index in [1.54, 1.807) is 24.3 Å². The van der Waals surface area contributed by atoms with E-state index in [9.17, 15) is 18.0 Å². The van der Waals surface area contributed by atoms with E-state index < -0.39 is 21.8 Å². The predicted molar refractivity (Wildman–Crippen MR) is 87.0 cm³/mol. The number of sulfonamides is 1. The van der Waals surface area contributed by atoms with Gasteiger partial charge in [0.05, 0.1) is 18.4 Å². The zero-order valence-electron chi connectivity index (χ0n) is 12.9. The van der Waals surface area contributed by atoms with Gasteiger partial charge in [-0.1, -0.05) is 12.1 Å². The molecule has 126 valence electrons. The van der Waals surface area contributed by atoms with Crippen molar-refractivity contribution >= 4 is 21.8 Å². The fraction of sp³-hybridized carbons (Fsp3) is 0.125. The number of methoxy groups -OCH3 is 1. The van der Waals surface area contributed by atoms with Crippen molar-refractivity contribution in [1.82, 2.24) is 4.72 Å². The summed E-state index contributed by atoms with van der Waals surface area (Å²) in [4.78, 5) is 22.8. The third-order valence-corrected chi connectivity index (χ3v) is 4.61. The maximum Gasteiger partial charge on any atom is 0.264 e. The second kappa shape index (κ2) is 7.14. The molecule has 0 saturated heterocycles. The maximum absolute atomic E-state index is 12.1. The normalized spacial score (nSPS) is 10.9. The molecule has 8 heteroatoms. The van der Waals surface area contributed by atoms with Crippen LogP contribution in [0.2, 0.25) is 0 Å². The minimum atomic E-state index is -4.01. The Morgan fingerprint density at radius 3 is 2.12 bits per heavy atom. The minimum Gasteiger partial charge on any atom is -0.497 e. The maximum atomic E-state index is 12.1. The van der Waals surface area contributed by atoms with Gasteiger partial charge in [-0.3, -0.25) is 9.59 Å². The first-order valence-corrected chi connectivity index (χ1v) is 8.38. The lowest BCUT2D eigenvalue weighted by Crippen LogP contribution is -2.31. The van der Waals surface area contributed by atoms with Crippen molar-refractivity contribution < 1.29 is 22.7 Å². The zero-order valence-corrected chi connectivity index (χ0v) is 13.7. The van der Waals surface area contributed by atoms with E-state index >= 15 is 0 Å². The first-order valence-electron chi connectivity index (χ1n) is 6.90. The average Bonchev–Trinajstić information content (AvgIpc) is 2.55. The number of nitrogens with one attached hydrogen (secondary N) is 1. The van der Waals surface area contributed by atoms with E-state index in [-0.39, 0.29) is 16.9 Å². The van der Waals surface area contributed by atoms with E-state index in [0.29, 0.717) is 11.3 Å². The molecule has 0 bridgehead atoms. The van der Waals surface area contributed by atoms with Crippen LogP contribution in [0.4, 0.5) is 0 Å². The van der Waals surface area contributed by atoms with Crippen molar-refractivity contribution in [3.8, 4) is 5.75 Å². The molecule has 3 N–H and O–H groups in total. The van der Waals surface area contributed by atoms with Crippen molar-refractivity contribution in [2.45, 2.75) is 11.3 Å². The lowest BCUT2D eigenvalue weighted by Gasteiger charge is -2.08. The van der Waals surface area contributed by atoms with Gasteiger partial charge in [0.1, 0.15) is 5.75 Å². The summed E-state index contributed by atoms with van der Waals surface area (Å²) in [5, 5.41) is 0. The van der Waals surface area contributed by atoms with Crippen molar-refractivity contribution in [1.29, 1.82) is 0 Å². The number of benzene rings is 2. The molecule has 0 aromatic heterocycles. The molecule has 2 aromatic rings. The van der Waals surface area contributed by atoms with Crippen LogP contribution in [-0.4, -0.2) is 27.3 Å². The molecule has 0 heterocycles. The van der Waals surface area contributed by atoms with Gasteiger partial charge in [-0.15, -0.1) is 0 Å². The Morgan fingerprint density at radius 2 is 1.62 bits per heavy atom. The molecule has 0 radical (unpaired) electrons. The van der Waals surface area contributed by atoms with Gasteiger partial charge in [0.2, 0.25) is 11.8 Å². The van der Waals surface area contributed by atoms with E-state index in [0.717, 1.165) is 0 Å². The van der Waals surface area contributed by atoms with Crippen molar-refractivity contribution in [3.05, 3.63) is 59.7 Å². The van der Waals surface area contributed by atoms with Gasteiger partial charge in [0.15, 0.2) is 0 Å². The van der Waals surface area contributed by atoms with Crippen molar-refractivity contribution in [3.63, 3.8) is 0 Å². The molecule has 0 saturated carbocycles. The summed E-state index contributed by atoms with van der Waals surface area (Å²) < 4.78 is 31.3. The molecule has 0 aliphatic rings. The fourth-order valence-corrected chi connectivity index (χ4v) is 2.96. The quantitative estimate of drug-likeness (QED) is 0.802. The molecule has 0 aliphatic carbocycles. The fourth-order valence-electron chi connectivity index (χ4n) is 1.97. The highest BCUT2D eigenvalue weighted by atomic mass is 32.2. The van der Waals surface area contributed by atoms with Crippen molar-refractivity contribution in [2.75, 3.05) is 7.11 Å². The molecular weight excluding hydrogens is 332 g/mol. The Hall–Kier alpha value is -2.87. The predicted octanol–water partition coefficient (Wildman–Crippen LogP) is 0.842. The van der Waals surface area contributed by atoms with E-state index in [2.05, 4.69) is 0 Å². The van der Waals surface area contributed by atoms with Crippen LogP contribution in [0, 0.1) is 0 Å². The first kappa shape index (κ1) is 17.5. The molecule has 0 aliphatic heterocycles. The van der Waals surface area contributed by atoms with Gasteiger partial charge in [0.25, 0.3) is 10.0 Å². The average molecular weight is 348 g/mol. The van der Waals surface area contributed by atoms with E-state index in [1.807, 2.05) is 4.72 Å². The van der Waals surface area contributed by atoms with Crippen LogP contribution in [0.1, 0.15) is 15.9 Å². The Kier molecular flexibility index (Phi) is 5.20. The lowest BCUT2D eigenvalue weighted by molar-refractivity contribution is -0.118. The van der Waals surface area contributed by atoms with E-state index in [4.69, 9.17) is 10.5 Å². The highest BCUT2D eigenvalue weighted by Crippen LogP contribution is 2.13. The molecule has 0 spiro atoms. The summed E-state index contributed by atoms with van der Waals surface area (Å²) >= 11 is 0. The number of nitrogens with two attached hydrogens (primary N) is 1. The van der Waals surface area contributed by atoms with Crippen LogP contribution < -0.4 is 15.2 Å². The summed E-state index contributed by atoms with van der Waals surface area (Å²) in [7, 11) is -2.49. The standard InChI is InChI=1S/C16H16N2O5S/c1-23-13-6-2-11(3-7-13)10-15(19)18-24(21,22)14-8-4-12(5-9-14)16(17)20/h2-9H,10H2,1H3,(H2,17,20)(H,18,19). The highest BCUT2D eigenvalue weighted by Gasteiger charge is 2.18. The highest BCUT2D eigenvalue weighted by molar-refractivity contribution is 7.90. The molecule has 0 unspecified atom stereocenters. The van der Waals surface area contributed by atoms with Gasteiger partial charge < -0.3 is 10.5 Å². The molecule has 2 rings (SSSR count). The van der Waals surface area contributed by atoms with Crippen LogP contribution >= 0.6 is 0 Å². The second-order valence-corrected chi connectivity index (χ2v) is 6.62. The third-order valence-electron chi connectivity index (χ3n) is 3.22. The van der Waals surface area contributed by atoms with Gasteiger partial charge in [-0.05, 0) is 42.0 Å². The molecule has 2 amide bonds. The largest absolute Gasteiger partial charge is 0.497 e. The third kappa shape index (κ3) is 4.32. The van der Waals surface area contributed by atoms with Gasteiger partial charge in [-0.2, -0.15) is 0 Å². The van der Waals surface area contributed by atoms with Crippen LogP contribution in [0.3, 0.4) is 0 Å². The Bertz CT molecular complexity index is 843. The topological polar surface area (TPSA) is 116 Å². The summed E-state index contributed by atoms with van der Waals surface area (Å²) in [5.74, 6) is -0.692. The number of primary amides is 1. The Morgan fingerprint density at radius 1 is 1.04 bits per heavy atom. The summed E-state index contributed by atoms with van der Waals surface area (Å²) in [6.45, 7) is 0.